The highest BCUT2D eigenvalue weighted by Gasteiger charge is 2.09. The Bertz CT molecular complexity index is 824. The number of hydrogen-bond acceptors (Lipinski definition) is 6. The van der Waals surface area contributed by atoms with Gasteiger partial charge in [-0.25, -0.2) is 4.79 Å². The molecule has 0 spiro atoms. The zero-order valence-corrected chi connectivity index (χ0v) is 13.0. The van der Waals surface area contributed by atoms with Crippen molar-refractivity contribution in [3.63, 3.8) is 0 Å². The van der Waals surface area contributed by atoms with Gasteiger partial charge in [0.15, 0.2) is 23.0 Å². The average molecular weight is 344 g/mol. The lowest BCUT2D eigenvalue weighted by Gasteiger charge is -2.06. The van der Waals surface area contributed by atoms with E-state index in [9.17, 15) is 24.9 Å². The predicted molar refractivity (Wildman–Crippen MR) is 88.5 cm³/mol. The molecule has 2 aromatic carbocycles. The van der Waals surface area contributed by atoms with Gasteiger partial charge in [-0.15, -0.1) is 0 Å². The molecular formula is C18H16O7. The van der Waals surface area contributed by atoms with E-state index in [1.54, 1.807) is 6.07 Å². The molecule has 0 aromatic heterocycles. The lowest BCUT2D eigenvalue weighted by molar-refractivity contribution is -0.137. The average Bonchev–Trinajstić information content (AvgIpc) is 2.56. The SMILES string of the molecule is O=C(O)CCc1ccc(OC(=O)C=Cc2ccc(O)c(O)c2)c(O)c1. The first-order chi connectivity index (χ1) is 11.8. The van der Waals surface area contributed by atoms with E-state index in [1.165, 1.54) is 36.4 Å². The minimum atomic E-state index is -0.944. The molecule has 130 valence electrons. The van der Waals surface area contributed by atoms with Gasteiger partial charge >= 0.3 is 11.9 Å². The molecule has 0 aliphatic rings. The third-order valence-corrected chi connectivity index (χ3v) is 3.27. The van der Waals surface area contributed by atoms with Crippen molar-refractivity contribution >= 4 is 18.0 Å². The van der Waals surface area contributed by atoms with Crippen molar-refractivity contribution in [3.05, 3.63) is 53.6 Å². The summed E-state index contributed by atoms with van der Waals surface area (Å²) in [4.78, 5) is 22.3. The van der Waals surface area contributed by atoms with Gasteiger partial charge in [0, 0.05) is 12.5 Å². The quantitative estimate of drug-likeness (QED) is 0.274. The summed E-state index contributed by atoms with van der Waals surface area (Å²) in [5, 5.41) is 37.1. The van der Waals surface area contributed by atoms with Crippen LogP contribution in [0.15, 0.2) is 42.5 Å². The Labute approximate surface area is 143 Å². The van der Waals surface area contributed by atoms with E-state index < -0.39 is 11.9 Å². The Morgan fingerprint density at radius 3 is 2.36 bits per heavy atom. The Morgan fingerprint density at radius 2 is 1.72 bits per heavy atom. The maximum Gasteiger partial charge on any atom is 0.336 e. The Hall–Kier alpha value is -3.48. The van der Waals surface area contributed by atoms with Crippen molar-refractivity contribution in [2.75, 3.05) is 0 Å². The number of phenols is 3. The van der Waals surface area contributed by atoms with E-state index in [2.05, 4.69) is 0 Å². The molecule has 0 bridgehead atoms. The van der Waals surface area contributed by atoms with E-state index in [-0.39, 0.29) is 35.8 Å². The van der Waals surface area contributed by atoms with E-state index in [4.69, 9.17) is 9.84 Å². The standard InChI is InChI=1S/C18H16O7/c19-13-5-1-11(9-14(13)20)4-8-18(24)25-16-6-2-12(10-15(16)21)3-7-17(22)23/h1-2,4-6,8-10,19-21H,3,7H2,(H,22,23). The van der Waals surface area contributed by atoms with Gasteiger partial charge in [-0.05, 0) is 47.9 Å². The summed E-state index contributed by atoms with van der Waals surface area (Å²) in [5.41, 5.74) is 1.08. The molecule has 0 aliphatic carbocycles. The van der Waals surface area contributed by atoms with Crippen LogP contribution >= 0.6 is 0 Å². The number of aromatic hydroxyl groups is 3. The first kappa shape index (κ1) is 17.9. The van der Waals surface area contributed by atoms with Crippen LogP contribution in [0.2, 0.25) is 0 Å². The predicted octanol–water partition coefficient (Wildman–Crippen LogP) is 2.44. The molecule has 0 saturated heterocycles. The van der Waals surface area contributed by atoms with E-state index >= 15 is 0 Å². The molecule has 0 heterocycles. The second-order valence-electron chi connectivity index (χ2n) is 5.20. The number of rotatable bonds is 6. The highest BCUT2D eigenvalue weighted by molar-refractivity contribution is 5.89. The van der Waals surface area contributed by atoms with Gasteiger partial charge in [-0.3, -0.25) is 4.79 Å². The molecular weight excluding hydrogens is 328 g/mol. The highest BCUT2D eigenvalue weighted by Crippen LogP contribution is 2.28. The number of benzene rings is 2. The summed E-state index contributed by atoms with van der Waals surface area (Å²) in [6, 6.07) is 8.33. The summed E-state index contributed by atoms with van der Waals surface area (Å²) in [6.07, 6.45) is 2.66. The number of carbonyl (C=O) groups excluding carboxylic acids is 1. The zero-order chi connectivity index (χ0) is 18.4. The molecule has 0 atom stereocenters. The zero-order valence-electron chi connectivity index (χ0n) is 13.0. The fraction of sp³-hybridized carbons (Fsp3) is 0.111. The van der Waals surface area contributed by atoms with Crippen LogP contribution < -0.4 is 4.74 Å². The molecule has 7 heteroatoms. The summed E-state index contributed by atoms with van der Waals surface area (Å²) < 4.78 is 5.00. The summed E-state index contributed by atoms with van der Waals surface area (Å²) in [6.45, 7) is 0. The molecule has 0 radical (unpaired) electrons. The van der Waals surface area contributed by atoms with Crippen LogP contribution in [0.1, 0.15) is 17.5 Å². The Balaban J connectivity index is 2.01. The molecule has 2 rings (SSSR count). The van der Waals surface area contributed by atoms with Gasteiger partial charge in [-0.1, -0.05) is 12.1 Å². The van der Waals surface area contributed by atoms with Crippen molar-refractivity contribution in [2.45, 2.75) is 12.8 Å². The van der Waals surface area contributed by atoms with Crippen molar-refractivity contribution in [1.29, 1.82) is 0 Å². The number of carboxylic acid groups (broad SMARTS) is 1. The largest absolute Gasteiger partial charge is 0.504 e. The first-order valence-corrected chi connectivity index (χ1v) is 7.30. The van der Waals surface area contributed by atoms with Crippen molar-refractivity contribution < 1.29 is 34.8 Å². The van der Waals surface area contributed by atoms with Gasteiger partial charge in [0.1, 0.15) is 0 Å². The van der Waals surface area contributed by atoms with Crippen LogP contribution in [0, 0.1) is 0 Å². The van der Waals surface area contributed by atoms with E-state index in [1.807, 2.05) is 0 Å². The van der Waals surface area contributed by atoms with Crippen LogP contribution in [0.25, 0.3) is 6.08 Å². The third-order valence-electron chi connectivity index (χ3n) is 3.27. The van der Waals surface area contributed by atoms with Crippen molar-refractivity contribution in [3.8, 4) is 23.0 Å². The smallest absolute Gasteiger partial charge is 0.336 e. The molecule has 4 N–H and O–H groups in total. The number of aryl methyl sites for hydroxylation is 1. The monoisotopic (exact) mass is 344 g/mol. The molecule has 0 unspecified atom stereocenters. The number of phenolic OH excluding ortho intramolecular Hbond substituents is 3. The molecule has 0 amide bonds. The van der Waals surface area contributed by atoms with Gasteiger partial charge in [-0.2, -0.15) is 0 Å². The number of carbonyl (C=O) groups is 2. The van der Waals surface area contributed by atoms with Gasteiger partial charge < -0.3 is 25.2 Å². The summed E-state index contributed by atoms with van der Waals surface area (Å²) in [7, 11) is 0. The van der Waals surface area contributed by atoms with Gasteiger partial charge in [0.25, 0.3) is 0 Å². The minimum Gasteiger partial charge on any atom is -0.504 e. The van der Waals surface area contributed by atoms with Crippen LogP contribution in [0.3, 0.4) is 0 Å². The van der Waals surface area contributed by atoms with Crippen molar-refractivity contribution in [2.24, 2.45) is 0 Å². The molecule has 0 fully saturated rings. The third kappa shape index (κ3) is 5.28. The lowest BCUT2D eigenvalue weighted by atomic mass is 10.1. The van der Waals surface area contributed by atoms with E-state index in [0.29, 0.717) is 11.1 Å². The molecule has 0 aliphatic heterocycles. The molecule has 25 heavy (non-hydrogen) atoms. The number of ether oxygens (including phenoxy) is 1. The van der Waals surface area contributed by atoms with Crippen LogP contribution in [0.4, 0.5) is 0 Å². The number of aliphatic carboxylic acids is 1. The Kier molecular flexibility index (Phi) is 5.62. The molecule has 0 saturated carbocycles. The number of carboxylic acids is 1. The normalized spacial score (nSPS) is 10.7. The number of hydrogen-bond donors (Lipinski definition) is 4. The second kappa shape index (κ2) is 7.87. The number of esters is 1. The van der Waals surface area contributed by atoms with Crippen LogP contribution in [-0.4, -0.2) is 32.4 Å². The Morgan fingerprint density at radius 1 is 0.960 bits per heavy atom. The summed E-state index contributed by atoms with van der Waals surface area (Å²) in [5.74, 6) is -2.60. The minimum absolute atomic E-state index is 0.0534. The summed E-state index contributed by atoms with van der Waals surface area (Å²) >= 11 is 0. The lowest BCUT2D eigenvalue weighted by Crippen LogP contribution is -2.04. The topological polar surface area (TPSA) is 124 Å². The fourth-order valence-corrected chi connectivity index (χ4v) is 2.01. The first-order valence-electron chi connectivity index (χ1n) is 7.30. The van der Waals surface area contributed by atoms with Crippen molar-refractivity contribution in [1.82, 2.24) is 0 Å². The molecule has 2 aromatic rings. The molecule has 7 nitrogen and oxygen atoms in total. The van der Waals surface area contributed by atoms with Crippen LogP contribution in [0.5, 0.6) is 23.0 Å². The highest BCUT2D eigenvalue weighted by atomic mass is 16.5. The van der Waals surface area contributed by atoms with Gasteiger partial charge in [0.2, 0.25) is 0 Å². The van der Waals surface area contributed by atoms with Gasteiger partial charge in [0.05, 0.1) is 0 Å². The second-order valence-corrected chi connectivity index (χ2v) is 5.20. The maximum atomic E-state index is 11.8. The van der Waals surface area contributed by atoms with Crippen LogP contribution in [-0.2, 0) is 16.0 Å². The fourth-order valence-electron chi connectivity index (χ4n) is 2.01. The maximum absolute atomic E-state index is 11.8. The van der Waals surface area contributed by atoms with E-state index in [0.717, 1.165) is 6.08 Å².